The van der Waals surface area contributed by atoms with Gasteiger partial charge in [0.25, 0.3) is 5.91 Å². The van der Waals surface area contributed by atoms with Crippen LogP contribution in [0.5, 0.6) is 11.5 Å². The summed E-state index contributed by atoms with van der Waals surface area (Å²) < 4.78 is 18.6. The number of rotatable bonds is 4. The van der Waals surface area contributed by atoms with E-state index in [4.69, 9.17) is 10.00 Å². The van der Waals surface area contributed by atoms with Crippen LogP contribution >= 0.6 is 0 Å². The summed E-state index contributed by atoms with van der Waals surface area (Å²) in [6.07, 6.45) is 3.16. The van der Waals surface area contributed by atoms with Crippen LogP contribution in [0.4, 0.5) is 10.1 Å². The van der Waals surface area contributed by atoms with Gasteiger partial charge in [0, 0.05) is 23.5 Å². The maximum atomic E-state index is 12.9. The number of nitrogens with one attached hydrogen (secondary N) is 1. The molecule has 0 aliphatic carbocycles. The number of pyridine rings is 1. The topological polar surface area (TPSA) is 75.0 Å². The summed E-state index contributed by atoms with van der Waals surface area (Å²) in [6, 6.07) is 15.3. The number of anilines is 1. The van der Waals surface area contributed by atoms with Crippen LogP contribution in [0.1, 0.15) is 15.9 Å². The average molecular weight is 333 g/mol. The molecule has 0 radical (unpaired) electrons. The maximum absolute atomic E-state index is 12.9. The lowest BCUT2D eigenvalue weighted by Gasteiger charge is -2.10. The Morgan fingerprint density at radius 1 is 1.12 bits per heavy atom. The van der Waals surface area contributed by atoms with Crippen molar-refractivity contribution in [2.45, 2.75) is 0 Å². The molecule has 25 heavy (non-hydrogen) atoms. The number of amides is 1. The van der Waals surface area contributed by atoms with Crippen molar-refractivity contribution >= 4 is 11.6 Å². The van der Waals surface area contributed by atoms with E-state index in [1.165, 1.54) is 36.5 Å². The molecule has 0 aliphatic heterocycles. The predicted octanol–water partition coefficient (Wildman–Crippen LogP) is 4.14. The first-order valence-corrected chi connectivity index (χ1v) is 7.34. The lowest BCUT2D eigenvalue weighted by Crippen LogP contribution is -2.12. The Morgan fingerprint density at radius 3 is 2.60 bits per heavy atom. The Bertz CT molecular complexity index is 935. The Labute approximate surface area is 143 Å². The smallest absolute Gasteiger partial charge is 0.255 e. The van der Waals surface area contributed by atoms with Crippen LogP contribution in [0.2, 0.25) is 0 Å². The second-order valence-electron chi connectivity index (χ2n) is 5.11. The molecule has 0 fully saturated rings. The minimum Gasteiger partial charge on any atom is -0.456 e. The van der Waals surface area contributed by atoms with Crippen LogP contribution in [0, 0.1) is 17.1 Å². The van der Waals surface area contributed by atoms with E-state index in [-0.39, 0.29) is 0 Å². The molecule has 1 aromatic heterocycles. The molecule has 0 bridgehead atoms. The van der Waals surface area contributed by atoms with Crippen LogP contribution in [-0.4, -0.2) is 10.9 Å². The van der Waals surface area contributed by atoms with Crippen molar-refractivity contribution in [2.24, 2.45) is 0 Å². The monoisotopic (exact) mass is 333 g/mol. The van der Waals surface area contributed by atoms with Gasteiger partial charge in [-0.3, -0.25) is 9.78 Å². The van der Waals surface area contributed by atoms with Gasteiger partial charge in [0.15, 0.2) is 0 Å². The summed E-state index contributed by atoms with van der Waals surface area (Å²) in [5.41, 5.74) is 1.03. The van der Waals surface area contributed by atoms with Gasteiger partial charge >= 0.3 is 0 Å². The molecule has 0 saturated carbocycles. The summed E-state index contributed by atoms with van der Waals surface area (Å²) in [6.45, 7) is 0. The number of carbonyl (C=O) groups excluding carboxylic acids is 1. The van der Waals surface area contributed by atoms with E-state index in [1.807, 2.05) is 6.07 Å². The summed E-state index contributed by atoms with van der Waals surface area (Å²) in [5.74, 6) is 0.0625. The SMILES string of the molecule is N#Cc1cc(NC(=O)c2ccc(F)cc2)cc(Oc2cccnc2)c1. The molecule has 1 heterocycles. The number of aromatic nitrogens is 1. The normalized spacial score (nSPS) is 9.92. The fourth-order valence-corrected chi connectivity index (χ4v) is 2.14. The minimum absolute atomic E-state index is 0.304. The second kappa shape index (κ2) is 7.23. The molecule has 5 nitrogen and oxygen atoms in total. The number of benzene rings is 2. The fourth-order valence-electron chi connectivity index (χ4n) is 2.14. The van der Waals surface area contributed by atoms with Crippen LogP contribution in [0.25, 0.3) is 0 Å². The average Bonchev–Trinajstić information content (AvgIpc) is 2.63. The first-order chi connectivity index (χ1) is 12.1. The van der Waals surface area contributed by atoms with Gasteiger partial charge in [-0.15, -0.1) is 0 Å². The van der Waals surface area contributed by atoms with Crippen molar-refractivity contribution in [3.8, 4) is 17.6 Å². The van der Waals surface area contributed by atoms with Gasteiger partial charge in [0.2, 0.25) is 0 Å². The van der Waals surface area contributed by atoms with E-state index in [2.05, 4.69) is 10.3 Å². The van der Waals surface area contributed by atoms with Gasteiger partial charge in [-0.1, -0.05) is 0 Å². The van der Waals surface area contributed by atoms with Gasteiger partial charge in [-0.05, 0) is 48.5 Å². The zero-order valence-electron chi connectivity index (χ0n) is 12.9. The Balaban J connectivity index is 1.83. The molecular weight excluding hydrogens is 321 g/mol. The van der Waals surface area contributed by atoms with Crippen molar-refractivity contribution in [2.75, 3.05) is 5.32 Å². The number of nitriles is 1. The molecular formula is C19H12FN3O2. The highest BCUT2D eigenvalue weighted by molar-refractivity contribution is 6.04. The van der Waals surface area contributed by atoms with E-state index in [0.29, 0.717) is 28.3 Å². The molecule has 122 valence electrons. The molecule has 0 saturated heterocycles. The quantitative estimate of drug-likeness (QED) is 0.779. The molecule has 1 amide bonds. The van der Waals surface area contributed by atoms with Gasteiger partial charge < -0.3 is 10.1 Å². The van der Waals surface area contributed by atoms with Crippen LogP contribution < -0.4 is 10.1 Å². The summed E-state index contributed by atoms with van der Waals surface area (Å²) in [4.78, 5) is 16.2. The Morgan fingerprint density at radius 2 is 1.92 bits per heavy atom. The largest absolute Gasteiger partial charge is 0.456 e. The van der Waals surface area contributed by atoms with Crippen molar-refractivity contribution in [1.82, 2.24) is 4.98 Å². The zero-order chi connectivity index (χ0) is 17.6. The highest BCUT2D eigenvalue weighted by Crippen LogP contribution is 2.26. The molecule has 2 aromatic carbocycles. The molecule has 1 N–H and O–H groups in total. The lowest BCUT2D eigenvalue weighted by atomic mass is 10.1. The molecule has 3 rings (SSSR count). The summed E-state index contributed by atoms with van der Waals surface area (Å²) in [5, 5.41) is 11.8. The Kier molecular flexibility index (Phi) is 4.67. The lowest BCUT2D eigenvalue weighted by molar-refractivity contribution is 0.102. The highest BCUT2D eigenvalue weighted by atomic mass is 19.1. The van der Waals surface area contributed by atoms with Gasteiger partial charge in [0.05, 0.1) is 17.8 Å². The van der Waals surface area contributed by atoms with Crippen molar-refractivity contribution in [3.05, 3.63) is 83.9 Å². The molecule has 0 spiro atoms. The number of hydrogen-bond acceptors (Lipinski definition) is 4. The van der Waals surface area contributed by atoms with Crippen molar-refractivity contribution < 1.29 is 13.9 Å². The number of halogens is 1. The van der Waals surface area contributed by atoms with Crippen molar-refractivity contribution in [1.29, 1.82) is 5.26 Å². The van der Waals surface area contributed by atoms with E-state index >= 15 is 0 Å². The third-order valence-corrected chi connectivity index (χ3v) is 3.27. The molecule has 0 unspecified atom stereocenters. The summed E-state index contributed by atoms with van der Waals surface area (Å²) >= 11 is 0. The standard InChI is InChI=1S/C19H12FN3O2/c20-15-5-3-14(4-6-15)19(24)23-16-8-13(11-21)9-18(10-16)25-17-2-1-7-22-12-17/h1-10,12H,(H,23,24). The van der Waals surface area contributed by atoms with E-state index in [1.54, 1.807) is 30.5 Å². The third-order valence-electron chi connectivity index (χ3n) is 3.27. The molecule has 0 atom stereocenters. The number of nitrogens with zero attached hydrogens (tertiary/aromatic N) is 2. The van der Waals surface area contributed by atoms with Gasteiger partial charge in [-0.25, -0.2) is 4.39 Å². The van der Waals surface area contributed by atoms with Crippen LogP contribution in [0.3, 0.4) is 0 Å². The zero-order valence-corrected chi connectivity index (χ0v) is 12.9. The number of carbonyl (C=O) groups is 1. The van der Waals surface area contributed by atoms with Crippen molar-refractivity contribution in [3.63, 3.8) is 0 Å². The minimum atomic E-state index is -0.421. The third kappa shape index (κ3) is 4.18. The molecule has 6 heteroatoms. The van der Waals surface area contributed by atoms with Gasteiger partial charge in [-0.2, -0.15) is 5.26 Å². The van der Waals surface area contributed by atoms with Crippen LogP contribution in [-0.2, 0) is 0 Å². The second-order valence-corrected chi connectivity index (χ2v) is 5.11. The molecule has 0 aliphatic rings. The van der Waals surface area contributed by atoms with Gasteiger partial charge in [0.1, 0.15) is 17.3 Å². The summed E-state index contributed by atoms with van der Waals surface area (Å²) in [7, 11) is 0. The highest BCUT2D eigenvalue weighted by Gasteiger charge is 2.09. The maximum Gasteiger partial charge on any atom is 0.255 e. The van der Waals surface area contributed by atoms with E-state index in [9.17, 15) is 9.18 Å². The first-order valence-electron chi connectivity index (χ1n) is 7.34. The predicted molar refractivity (Wildman–Crippen MR) is 89.8 cm³/mol. The Hall–Kier alpha value is -3.72. The molecule has 3 aromatic rings. The van der Waals surface area contributed by atoms with E-state index in [0.717, 1.165) is 0 Å². The number of ether oxygens (including phenoxy) is 1. The van der Waals surface area contributed by atoms with Crippen LogP contribution in [0.15, 0.2) is 67.0 Å². The first kappa shape index (κ1) is 16.1. The van der Waals surface area contributed by atoms with E-state index < -0.39 is 11.7 Å². The fraction of sp³-hybridized carbons (Fsp3) is 0. The number of hydrogen-bond donors (Lipinski definition) is 1.